The van der Waals surface area contributed by atoms with Crippen LogP contribution in [-0.2, 0) is 9.47 Å². The lowest BCUT2D eigenvalue weighted by molar-refractivity contribution is -0.142. The van der Waals surface area contributed by atoms with E-state index in [-0.39, 0.29) is 18.4 Å². The van der Waals surface area contributed by atoms with Gasteiger partial charge in [0.2, 0.25) is 0 Å². The average molecular weight is 212 g/mol. The molecule has 1 N–H and O–H groups in total. The van der Waals surface area contributed by atoms with Gasteiger partial charge in [0.05, 0.1) is 12.1 Å². The third kappa shape index (κ3) is 2.08. The summed E-state index contributed by atoms with van der Waals surface area (Å²) in [6, 6.07) is 0.176. The highest BCUT2D eigenvalue weighted by atomic mass is 16.7. The summed E-state index contributed by atoms with van der Waals surface area (Å²) in [7, 11) is 5.66. The summed E-state index contributed by atoms with van der Waals surface area (Å²) in [4.78, 5) is 0. The number of ether oxygens (including phenoxy) is 2. The summed E-state index contributed by atoms with van der Waals surface area (Å²) < 4.78 is 11.1. The van der Waals surface area contributed by atoms with E-state index in [0.29, 0.717) is 11.8 Å². The summed E-state index contributed by atoms with van der Waals surface area (Å²) in [5, 5.41) is 1.94. The van der Waals surface area contributed by atoms with Gasteiger partial charge in [-0.3, -0.25) is 0 Å². The number of nitrogens with one attached hydrogen (secondary N) is 1. The van der Waals surface area contributed by atoms with Crippen molar-refractivity contribution in [2.24, 2.45) is 11.8 Å². The number of rotatable bonds is 5. The van der Waals surface area contributed by atoms with Gasteiger partial charge in [0.1, 0.15) is 0 Å². The lowest BCUT2D eigenvalue weighted by Crippen LogP contribution is -2.46. The van der Waals surface area contributed by atoms with Gasteiger partial charge in [0.15, 0.2) is 6.29 Å². The van der Waals surface area contributed by atoms with E-state index < -0.39 is 0 Å². The van der Waals surface area contributed by atoms with Crippen molar-refractivity contribution in [2.75, 3.05) is 21.2 Å². The molecular weight excluding hydrogens is 192 g/mol. The average Bonchev–Trinajstić information content (AvgIpc) is 2.91. The van der Waals surface area contributed by atoms with Crippen molar-refractivity contribution in [2.45, 2.75) is 24.9 Å². The molecule has 0 aromatic carbocycles. The maximum Gasteiger partial charge on any atom is 0.160 e. The molecule has 2 aliphatic rings. The van der Waals surface area contributed by atoms with Crippen molar-refractivity contribution in [1.29, 1.82) is 0 Å². The zero-order valence-corrected chi connectivity index (χ0v) is 9.64. The van der Waals surface area contributed by atoms with Crippen molar-refractivity contribution in [1.82, 2.24) is 10.4 Å². The molecule has 4 nitrogen and oxygen atoms in total. The van der Waals surface area contributed by atoms with Gasteiger partial charge in [-0.25, -0.2) is 10.4 Å². The van der Waals surface area contributed by atoms with Crippen LogP contribution in [-0.4, -0.2) is 44.6 Å². The molecule has 0 spiro atoms. The molecule has 2 rings (SSSR count). The van der Waals surface area contributed by atoms with Gasteiger partial charge in [-0.05, 0) is 12.3 Å². The Kier molecular flexibility index (Phi) is 3.11. The molecule has 5 atom stereocenters. The monoisotopic (exact) mass is 212 g/mol. The van der Waals surface area contributed by atoms with Crippen LogP contribution in [0, 0.1) is 11.8 Å². The Balaban J connectivity index is 1.95. The maximum absolute atomic E-state index is 5.84. The fraction of sp³-hybridized carbons (Fsp3) is 0.818. The fourth-order valence-electron chi connectivity index (χ4n) is 2.42. The molecule has 2 fully saturated rings. The van der Waals surface area contributed by atoms with Crippen LogP contribution in [0.3, 0.4) is 0 Å². The first-order valence-electron chi connectivity index (χ1n) is 5.41. The van der Waals surface area contributed by atoms with Gasteiger partial charge in [0, 0.05) is 27.1 Å². The van der Waals surface area contributed by atoms with Crippen LogP contribution in [0.15, 0.2) is 12.7 Å². The van der Waals surface area contributed by atoms with Crippen molar-refractivity contribution in [3.05, 3.63) is 12.7 Å². The number of nitrogens with zero attached hydrogens (tertiary/aromatic N) is 1. The van der Waals surface area contributed by atoms with Crippen LogP contribution in [0.1, 0.15) is 6.42 Å². The first-order valence-corrected chi connectivity index (χ1v) is 5.41. The Morgan fingerprint density at radius 3 is 2.73 bits per heavy atom. The molecule has 0 amide bonds. The van der Waals surface area contributed by atoms with E-state index in [1.165, 1.54) is 6.42 Å². The Morgan fingerprint density at radius 1 is 1.53 bits per heavy atom. The van der Waals surface area contributed by atoms with E-state index in [4.69, 9.17) is 9.47 Å². The van der Waals surface area contributed by atoms with Crippen molar-refractivity contribution in [3.8, 4) is 0 Å². The first-order chi connectivity index (χ1) is 7.17. The van der Waals surface area contributed by atoms with Crippen molar-refractivity contribution in [3.63, 3.8) is 0 Å². The molecule has 86 valence electrons. The lowest BCUT2D eigenvalue weighted by atomic mass is 10.1. The molecule has 0 unspecified atom stereocenters. The van der Waals surface area contributed by atoms with E-state index >= 15 is 0 Å². The Bertz CT molecular complexity index is 245. The standard InChI is InChI=1S/C11H20N2O2/c1-5-9(12-13(2)3)10-7-6-8(7)11(14-4)15-10/h5,7-12H,1,6H2,2-4H3/t7-,8+,9+,10+,11+/m1/s1. The molecule has 1 aliphatic heterocycles. The molecule has 1 saturated carbocycles. The molecular formula is C11H20N2O2. The minimum atomic E-state index is -0.00795. The summed E-state index contributed by atoms with van der Waals surface area (Å²) in [5.41, 5.74) is 3.31. The van der Waals surface area contributed by atoms with Crippen LogP contribution >= 0.6 is 0 Å². The van der Waals surface area contributed by atoms with Gasteiger partial charge in [-0.15, -0.1) is 6.58 Å². The SMILES string of the molecule is C=C[C@H](NN(C)C)[C@H]1O[C@H](OC)[C@H]2C[C@H]21. The number of hydrogen-bond acceptors (Lipinski definition) is 4. The Morgan fingerprint density at radius 2 is 2.27 bits per heavy atom. The topological polar surface area (TPSA) is 33.7 Å². The highest BCUT2D eigenvalue weighted by molar-refractivity contribution is 5.07. The predicted octanol–water partition coefficient (Wildman–Crippen LogP) is 0.615. The fourth-order valence-corrected chi connectivity index (χ4v) is 2.42. The van der Waals surface area contributed by atoms with Gasteiger partial charge in [-0.2, -0.15) is 0 Å². The Labute approximate surface area is 91.2 Å². The second-order valence-electron chi connectivity index (χ2n) is 4.55. The van der Waals surface area contributed by atoms with Crippen LogP contribution in [0.25, 0.3) is 0 Å². The third-order valence-electron chi connectivity index (χ3n) is 3.20. The molecule has 0 aromatic heterocycles. The second-order valence-corrected chi connectivity index (χ2v) is 4.55. The van der Waals surface area contributed by atoms with Crippen LogP contribution in [0.2, 0.25) is 0 Å². The maximum atomic E-state index is 5.84. The summed E-state index contributed by atoms with van der Waals surface area (Å²) in [6.07, 6.45) is 3.34. The smallest absolute Gasteiger partial charge is 0.160 e. The van der Waals surface area contributed by atoms with E-state index in [9.17, 15) is 0 Å². The normalized spacial score (nSPS) is 40.3. The number of fused-ring (bicyclic) bond motifs is 1. The number of hydrogen-bond donors (Lipinski definition) is 1. The second kappa shape index (κ2) is 4.22. The molecule has 1 aliphatic carbocycles. The largest absolute Gasteiger partial charge is 0.356 e. The van der Waals surface area contributed by atoms with E-state index in [1.807, 2.05) is 25.2 Å². The van der Waals surface area contributed by atoms with Crippen molar-refractivity contribution < 1.29 is 9.47 Å². The summed E-state index contributed by atoms with van der Waals surface area (Å²) in [5.74, 6) is 1.25. The predicted molar refractivity (Wildman–Crippen MR) is 58.1 cm³/mol. The molecule has 0 radical (unpaired) electrons. The highest BCUT2D eigenvalue weighted by Gasteiger charge is 2.57. The summed E-state index contributed by atoms with van der Waals surface area (Å²) in [6.45, 7) is 3.85. The van der Waals surface area contributed by atoms with E-state index in [0.717, 1.165) is 0 Å². The first kappa shape index (κ1) is 11.1. The Hall–Kier alpha value is -0.420. The van der Waals surface area contributed by atoms with E-state index in [2.05, 4.69) is 12.0 Å². The van der Waals surface area contributed by atoms with Crippen molar-refractivity contribution >= 4 is 0 Å². The molecule has 4 heteroatoms. The van der Waals surface area contributed by atoms with Gasteiger partial charge >= 0.3 is 0 Å². The zero-order chi connectivity index (χ0) is 11.0. The van der Waals surface area contributed by atoms with Crippen LogP contribution < -0.4 is 5.43 Å². The minimum absolute atomic E-state index is 0.00795. The highest BCUT2D eigenvalue weighted by Crippen LogP contribution is 2.53. The number of hydrazine groups is 1. The molecule has 0 aromatic rings. The quantitative estimate of drug-likeness (QED) is 0.535. The van der Waals surface area contributed by atoms with Crippen LogP contribution in [0.5, 0.6) is 0 Å². The molecule has 1 heterocycles. The zero-order valence-electron chi connectivity index (χ0n) is 9.64. The lowest BCUT2D eigenvalue weighted by Gasteiger charge is -2.27. The summed E-state index contributed by atoms with van der Waals surface area (Å²) >= 11 is 0. The third-order valence-corrected chi connectivity index (χ3v) is 3.20. The van der Waals surface area contributed by atoms with Gasteiger partial charge < -0.3 is 9.47 Å². The molecule has 1 saturated heterocycles. The minimum Gasteiger partial charge on any atom is -0.356 e. The van der Waals surface area contributed by atoms with Gasteiger partial charge in [-0.1, -0.05) is 6.08 Å². The molecule has 0 bridgehead atoms. The number of methoxy groups -OCH3 is 1. The van der Waals surface area contributed by atoms with Crippen LogP contribution in [0.4, 0.5) is 0 Å². The van der Waals surface area contributed by atoms with E-state index in [1.54, 1.807) is 7.11 Å². The van der Waals surface area contributed by atoms with Gasteiger partial charge in [0.25, 0.3) is 0 Å². The molecule has 15 heavy (non-hydrogen) atoms.